The van der Waals surface area contributed by atoms with Gasteiger partial charge in [0.15, 0.2) is 11.6 Å². The third-order valence-corrected chi connectivity index (χ3v) is 4.43. The van der Waals surface area contributed by atoms with Gasteiger partial charge in [-0.05, 0) is 32.2 Å². The second-order valence-electron chi connectivity index (χ2n) is 6.13. The zero-order valence-corrected chi connectivity index (χ0v) is 16.1. The number of ether oxygens (including phenoxy) is 2. The molecular weight excluding hydrogens is 371 g/mol. The van der Waals surface area contributed by atoms with E-state index in [1.54, 1.807) is 12.3 Å². The number of rotatable bonds is 6. The highest BCUT2D eigenvalue weighted by molar-refractivity contribution is 7.99. The average Bonchev–Trinajstić information content (AvgIpc) is 2.64. The molecule has 1 heterocycles. The second kappa shape index (κ2) is 8.27. The van der Waals surface area contributed by atoms with Gasteiger partial charge in [-0.2, -0.15) is 0 Å². The standard InChI is InChI=1S/C19H19FN2O4S/c1-6-11-7-12-8-15(13(20)9-14(12)21-10-11)26-17(27-5)16(23)22-19(2,3)18(24)25-4/h1,7-10,17H,2-5H3,(H,22,23). The molecule has 6 nitrogen and oxygen atoms in total. The Kier molecular flexibility index (Phi) is 6.28. The normalized spacial score (nSPS) is 12.1. The lowest BCUT2D eigenvalue weighted by molar-refractivity contribution is -0.149. The van der Waals surface area contributed by atoms with E-state index in [1.165, 1.54) is 39.3 Å². The van der Waals surface area contributed by atoms with E-state index >= 15 is 0 Å². The minimum absolute atomic E-state index is 0.121. The smallest absolute Gasteiger partial charge is 0.330 e. The summed E-state index contributed by atoms with van der Waals surface area (Å²) in [5.74, 6) is 0.470. The maximum absolute atomic E-state index is 14.4. The van der Waals surface area contributed by atoms with E-state index in [2.05, 4.69) is 21.0 Å². The number of hydrogen-bond acceptors (Lipinski definition) is 6. The third-order valence-electron chi connectivity index (χ3n) is 3.70. The van der Waals surface area contributed by atoms with Gasteiger partial charge >= 0.3 is 5.97 Å². The SMILES string of the molecule is C#Cc1cnc2cc(F)c(OC(SC)C(=O)NC(C)(C)C(=O)OC)cc2c1. The van der Waals surface area contributed by atoms with Crippen LogP contribution < -0.4 is 10.1 Å². The number of esters is 1. The molecule has 1 atom stereocenters. The van der Waals surface area contributed by atoms with Gasteiger partial charge in [-0.1, -0.05) is 5.92 Å². The number of nitrogens with zero attached hydrogens (tertiary/aromatic N) is 1. The number of carbonyl (C=O) groups is 2. The summed E-state index contributed by atoms with van der Waals surface area (Å²) in [6, 6.07) is 4.31. The second-order valence-corrected chi connectivity index (χ2v) is 7.03. The molecule has 2 aromatic rings. The van der Waals surface area contributed by atoms with Crippen molar-refractivity contribution >= 4 is 34.5 Å². The van der Waals surface area contributed by atoms with Gasteiger partial charge in [-0.25, -0.2) is 9.18 Å². The first-order valence-electron chi connectivity index (χ1n) is 7.87. The molecule has 0 spiro atoms. The van der Waals surface area contributed by atoms with Crippen LogP contribution in [0.1, 0.15) is 19.4 Å². The van der Waals surface area contributed by atoms with Crippen molar-refractivity contribution in [3.05, 3.63) is 35.8 Å². The predicted octanol–water partition coefficient (Wildman–Crippen LogP) is 2.49. The lowest BCUT2D eigenvalue weighted by Gasteiger charge is -2.26. The molecule has 1 aromatic heterocycles. The first-order valence-corrected chi connectivity index (χ1v) is 9.16. The molecule has 0 aliphatic heterocycles. The van der Waals surface area contributed by atoms with E-state index in [4.69, 9.17) is 11.2 Å². The Morgan fingerprint density at radius 1 is 1.37 bits per heavy atom. The zero-order valence-electron chi connectivity index (χ0n) is 15.3. The van der Waals surface area contributed by atoms with Gasteiger partial charge in [-0.15, -0.1) is 18.2 Å². The number of fused-ring (bicyclic) bond motifs is 1. The monoisotopic (exact) mass is 390 g/mol. The topological polar surface area (TPSA) is 77.5 Å². The highest BCUT2D eigenvalue weighted by Gasteiger charge is 2.34. The third kappa shape index (κ3) is 4.68. The van der Waals surface area contributed by atoms with E-state index in [0.29, 0.717) is 16.5 Å². The van der Waals surface area contributed by atoms with Crippen LogP contribution in [0.3, 0.4) is 0 Å². The minimum Gasteiger partial charge on any atom is -0.467 e. The maximum Gasteiger partial charge on any atom is 0.330 e. The average molecular weight is 390 g/mol. The Morgan fingerprint density at radius 2 is 2.07 bits per heavy atom. The summed E-state index contributed by atoms with van der Waals surface area (Å²) in [4.78, 5) is 28.3. The first-order chi connectivity index (χ1) is 12.7. The van der Waals surface area contributed by atoms with Gasteiger partial charge in [0.05, 0.1) is 12.6 Å². The maximum atomic E-state index is 14.4. The molecule has 1 amide bonds. The Hall–Kier alpha value is -2.79. The molecule has 142 valence electrons. The van der Waals surface area contributed by atoms with Gasteiger partial charge in [0, 0.05) is 23.2 Å². The molecular formula is C19H19FN2O4S. The Balaban J connectivity index is 2.27. The molecule has 0 aliphatic rings. The molecule has 1 aromatic carbocycles. The number of nitrogens with one attached hydrogen (secondary N) is 1. The summed E-state index contributed by atoms with van der Waals surface area (Å²) in [5, 5.41) is 3.11. The van der Waals surface area contributed by atoms with Gasteiger partial charge in [0.1, 0.15) is 5.54 Å². The fraction of sp³-hybridized carbons (Fsp3) is 0.316. The van der Waals surface area contributed by atoms with Gasteiger partial charge in [-0.3, -0.25) is 9.78 Å². The molecule has 27 heavy (non-hydrogen) atoms. The predicted molar refractivity (Wildman–Crippen MR) is 102 cm³/mol. The van der Waals surface area contributed by atoms with Crippen molar-refractivity contribution in [3.8, 4) is 18.1 Å². The van der Waals surface area contributed by atoms with Crippen molar-refractivity contribution in [2.24, 2.45) is 0 Å². The number of pyridine rings is 1. The molecule has 2 rings (SSSR count). The fourth-order valence-electron chi connectivity index (χ4n) is 2.30. The van der Waals surface area contributed by atoms with Crippen molar-refractivity contribution in [1.29, 1.82) is 0 Å². The minimum atomic E-state index is -1.25. The Labute approximate surface area is 160 Å². The highest BCUT2D eigenvalue weighted by atomic mass is 32.2. The molecule has 8 heteroatoms. The van der Waals surface area contributed by atoms with Crippen molar-refractivity contribution in [1.82, 2.24) is 10.3 Å². The molecule has 0 bridgehead atoms. The summed E-state index contributed by atoms with van der Waals surface area (Å²) in [6.45, 7) is 3.00. The van der Waals surface area contributed by atoms with E-state index in [9.17, 15) is 14.0 Å². The number of aromatic nitrogens is 1. The van der Waals surface area contributed by atoms with Crippen LogP contribution in [0.5, 0.6) is 5.75 Å². The summed E-state index contributed by atoms with van der Waals surface area (Å²) >= 11 is 1.05. The van der Waals surface area contributed by atoms with Crippen LogP contribution in [0.15, 0.2) is 24.4 Å². The molecule has 0 saturated carbocycles. The van der Waals surface area contributed by atoms with Crippen LogP contribution in [-0.4, -0.2) is 41.2 Å². The van der Waals surface area contributed by atoms with E-state index in [0.717, 1.165) is 11.8 Å². The van der Waals surface area contributed by atoms with E-state index in [1.807, 2.05) is 0 Å². The number of thioether (sulfide) groups is 1. The lowest BCUT2D eigenvalue weighted by atomic mass is 10.1. The number of terminal acetylenes is 1. The highest BCUT2D eigenvalue weighted by Crippen LogP contribution is 2.27. The zero-order chi connectivity index (χ0) is 20.2. The Bertz CT molecular complexity index is 924. The van der Waals surface area contributed by atoms with Crippen molar-refractivity contribution in [2.45, 2.75) is 24.8 Å². The van der Waals surface area contributed by atoms with Crippen molar-refractivity contribution < 1.29 is 23.5 Å². The molecule has 0 fully saturated rings. The number of halogens is 1. The van der Waals surface area contributed by atoms with E-state index in [-0.39, 0.29) is 5.75 Å². The number of carbonyl (C=O) groups excluding carboxylic acids is 2. The fourth-order valence-corrected chi connectivity index (χ4v) is 2.77. The van der Waals surface area contributed by atoms with Crippen LogP contribution in [0.25, 0.3) is 10.9 Å². The molecule has 0 aliphatic carbocycles. The van der Waals surface area contributed by atoms with Crippen LogP contribution >= 0.6 is 11.8 Å². The number of amides is 1. The molecule has 0 saturated heterocycles. The van der Waals surface area contributed by atoms with Crippen LogP contribution in [0, 0.1) is 18.2 Å². The number of benzene rings is 1. The number of hydrogen-bond donors (Lipinski definition) is 1. The van der Waals surface area contributed by atoms with Crippen molar-refractivity contribution in [3.63, 3.8) is 0 Å². The molecule has 1 N–H and O–H groups in total. The van der Waals surface area contributed by atoms with Gasteiger partial charge in [0.2, 0.25) is 5.44 Å². The van der Waals surface area contributed by atoms with Crippen LogP contribution in [0.4, 0.5) is 4.39 Å². The van der Waals surface area contributed by atoms with E-state index < -0.39 is 28.7 Å². The summed E-state index contributed by atoms with van der Waals surface area (Å²) in [6.07, 6.45) is 8.45. The van der Waals surface area contributed by atoms with Gasteiger partial charge in [0.25, 0.3) is 5.91 Å². The Morgan fingerprint density at radius 3 is 2.67 bits per heavy atom. The lowest BCUT2D eigenvalue weighted by Crippen LogP contribution is -2.53. The molecule has 0 radical (unpaired) electrons. The largest absolute Gasteiger partial charge is 0.467 e. The summed E-state index contributed by atoms with van der Waals surface area (Å²) in [7, 11) is 1.22. The number of methoxy groups -OCH3 is 1. The molecule has 1 unspecified atom stereocenters. The van der Waals surface area contributed by atoms with Gasteiger partial charge < -0.3 is 14.8 Å². The summed E-state index contributed by atoms with van der Waals surface area (Å²) < 4.78 is 24.6. The summed E-state index contributed by atoms with van der Waals surface area (Å²) in [5.41, 5.74) is -1.38. The van der Waals surface area contributed by atoms with Crippen molar-refractivity contribution in [2.75, 3.05) is 13.4 Å². The first kappa shape index (κ1) is 20.5. The van der Waals surface area contributed by atoms with Crippen LogP contribution in [-0.2, 0) is 14.3 Å². The van der Waals surface area contributed by atoms with Crippen LogP contribution in [0.2, 0.25) is 0 Å². The quantitative estimate of drug-likeness (QED) is 0.464.